The average molecular weight is 395 g/mol. The van der Waals surface area contributed by atoms with Gasteiger partial charge in [-0.3, -0.25) is 4.79 Å². The van der Waals surface area contributed by atoms with Gasteiger partial charge in [0.05, 0.1) is 0 Å². The zero-order valence-corrected chi connectivity index (χ0v) is 19.6. The van der Waals surface area contributed by atoms with E-state index >= 15 is 0 Å². The molecule has 2 saturated carbocycles. The zero-order chi connectivity index (χ0) is 21.0. The van der Waals surface area contributed by atoms with Gasteiger partial charge >= 0.3 is 0 Å². The van der Waals surface area contributed by atoms with Crippen LogP contribution in [-0.2, 0) is 4.79 Å². The van der Waals surface area contributed by atoms with Crippen LogP contribution in [0.25, 0.3) is 0 Å². The van der Waals surface area contributed by atoms with Gasteiger partial charge < -0.3 is 0 Å². The molecule has 0 aromatic heterocycles. The molecular weight excluding hydrogens is 352 g/mol. The third kappa shape index (κ3) is 3.41. The second kappa shape index (κ2) is 7.54. The quantitative estimate of drug-likeness (QED) is 0.454. The van der Waals surface area contributed by atoms with Crippen molar-refractivity contribution < 1.29 is 4.79 Å². The summed E-state index contributed by atoms with van der Waals surface area (Å²) in [7, 11) is 0. The maximum absolute atomic E-state index is 12.0. The molecule has 4 rings (SSSR count). The standard InChI is InChI=1S/C28H42O/c1-18(2)19(3)7-8-20(4)24-11-12-25-23-10-9-21-17-22(29)13-15-27(21,5)26(23)14-16-28(24,25)6/h7-10,17-20,23-26H,11-16H2,1-6H3/b8-7+/t19-,20+,23?,24+,25?,26?,27?,28?/m0/s1. The average Bonchev–Trinajstić information content (AvgIpc) is 3.03. The summed E-state index contributed by atoms with van der Waals surface area (Å²) in [5.41, 5.74) is 2.02. The van der Waals surface area contributed by atoms with Gasteiger partial charge in [0.25, 0.3) is 0 Å². The van der Waals surface area contributed by atoms with Crippen molar-refractivity contribution in [2.45, 2.75) is 80.1 Å². The molecule has 1 heteroatoms. The highest BCUT2D eigenvalue weighted by Gasteiger charge is 2.58. The number of ketones is 1. The van der Waals surface area contributed by atoms with E-state index in [2.05, 4.69) is 65.8 Å². The lowest BCUT2D eigenvalue weighted by atomic mass is 9.48. The molecule has 160 valence electrons. The molecule has 0 aliphatic heterocycles. The Morgan fingerprint density at radius 2 is 1.76 bits per heavy atom. The van der Waals surface area contributed by atoms with E-state index < -0.39 is 0 Å². The summed E-state index contributed by atoms with van der Waals surface area (Å²) in [4.78, 5) is 12.0. The summed E-state index contributed by atoms with van der Waals surface area (Å²) < 4.78 is 0. The van der Waals surface area contributed by atoms with Crippen LogP contribution in [0.2, 0.25) is 0 Å². The van der Waals surface area contributed by atoms with Crippen LogP contribution in [0.15, 0.2) is 36.0 Å². The van der Waals surface area contributed by atoms with Crippen LogP contribution in [0.5, 0.6) is 0 Å². The van der Waals surface area contributed by atoms with Crippen LogP contribution >= 0.6 is 0 Å². The Balaban J connectivity index is 1.57. The molecule has 0 aromatic rings. The molecule has 0 saturated heterocycles. The van der Waals surface area contributed by atoms with Gasteiger partial charge in [0.15, 0.2) is 5.78 Å². The lowest BCUT2D eigenvalue weighted by molar-refractivity contribution is -0.116. The van der Waals surface area contributed by atoms with Gasteiger partial charge in [-0.05, 0) is 96.0 Å². The van der Waals surface area contributed by atoms with Crippen LogP contribution in [0.4, 0.5) is 0 Å². The Morgan fingerprint density at radius 3 is 2.48 bits per heavy atom. The molecule has 0 aromatic carbocycles. The third-order valence-corrected chi connectivity index (χ3v) is 9.99. The normalized spacial score (nSPS) is 43.7. The van der Waals surface area contributed by atoms with Gasteiger partial charge in [-0.1, -0.05) is 65.8 Å². The van der Waals surface area contributed by atoms with E-state index in [1.165, 1.54) is 31.3 Å². The van der Waals surface area contributed by atoms with E-state index in [-0.39, 0.29) is 5.41 Å². The SMILES string of the molecule is CC(C)[C@@H](C)/C=C/[C@@H](C)[C@H]1CCC2C3C=CC4=CC(=O)CCC4(C)C3CCC21C. The monoisotopic (exact) mass is 394 g/mol. The van der Waals surface area contributed by atoms with Crippen molar-refractivity contribution in [1.82, 2.24) is 0 Å². The van der Waals surface area contributed by atoms with Crippen molar-refractivity contribution in [3.63, 3.8) is 0 Å². The van der Waals surface area contributed by atoms with E-state index in [9.17, 15) is 4.79 Å². The lowest BCUT2D eigenvalue weighted by Crippen LogP contribution is -2.49. The summed E-state index contributed by atoms with van der Waals surface area (Å²) in [6, 6.07) is 0. The van der Waals surface area contributed by atoms with E-state index in [0.717, 1.165) is 36.5 Å². The maximum atomic E-state index is 12.0. The van der Waals surface area contributed by atoms with Crippen molar-refractivity contribution in [3.8, 4) is 0 Å². The number of carbonyl (C=O) groups excluding carboxylic acids is 1. The maximum Gasteiger partial charge on any atom is 0.156 e. The zero-order valence-electron chi connectivity index (χ0n) is 19.6. The molecule has 4 aliphatic carbocycles. The second-order valence-corrected chi connectivity index (χ2v) is 11.7. The molecule has 2 fully saturated rings. The predicted molar refractivity (Wildman–Crippen MR) is 122 cm³/mol. The fourth-order valence-electron chi connectivity index (χ4n) is 7.61. The van der Waals surface area contributed by atoms with E-state index in [4.69, 9.17) is 0 Å². The van der Waals surface area contributed by atoms with Crippen LogP contribution in [-0.4, -0.2) is 5.78 Å². The molecule has 0 radical (unpaired) electrons. The van der Waals surface area contributed by atoms with Crippen LogP contribution < -0.4 is 0 Å². The molecule has 4 aliphatic rings. The largest absolute Gasteiger partial charge is 0.295 e. The van der Waals surface area contributed by atoms with Crippen molar-refractivity contribution in [3.05, 3.63) is 36.0 Å². The third-order valence-electron chi connectivity index (χ3n) is 9.99. The first-order valence-corrected chi connectivity index (χ1v) is 12.3. The minimum absolute atomic E-state index is 0.227. The van der Waals surface area contributed by atoms with Crippen molar-refractivity contribution in [2.24, 2.45) is 52.3 Å². The van der Waals surface area contributed by atoms with Gasteiger partial charge in [-0.2, -0.15) is 0 Å². The van der Waals surface area contributed by atoms with Crippen molar-refractivity contribution >= 4 is 5.78 Å². The number of fused-ring (bicyclic) bond motifs is 5. The number of rotatable bonds is 4. The molecule has 1 nitrogen and oxygen atoms in total. The molecule has 0 N–H and O–H groups in total. The number of hydrogen-bond donors (Lipinski definition) is 0. The number of carbonyl (C=O) groups is 1. The van der Waals surface area contributed by atoms with Crippen LogP contribution in [0.3, 0.4) is 0 Å². The van der Waals surface area contributed by atoms with Crippen LogP contribution in [0.1, 0.15) is 80.1 Å². The van der Waals surface area contributed by atoms with Gasteiger partial charge in [-0.15, -0.1) is 0 Å². The highest BCUT2D eigenvalue weighted by molar-refractivity contribution is 5.92. The Labute approximate surface area is 179 Å². The summed E-state index contributed by atoms with van der Waals surface area (Å²) in [5, 5.41) is 0. The summed E-state index contributed by atoms with van der Waals surface area (Å²) in [6.07, 6.45) is 19.1. The highest BCUT2D eigenvalue weighted by Crippen LogP contribution is 2.66. The van der Waals surface area contributed by atoms with Gasteiger partial charge in [-0.25, -0.2) is 0 Å². The minimum Gasteiger partial charge on any atom is -0.295 e. The van der Waals surface area contributed by atoms with E-state index in [0.29, 0.717) is 29.0 Å². The number of hydrogen-bond acceptors (Lipinski definition) is 1. The Bertz CT molecular complexity index is 739. The Morgan fingerprint density at radius 1 is 1.00 bits per heavy atom. The predicted octanol–water partition coefficient (Wildman–Crippen LogP) is 7.39. The second-order valence-electron chi connectivity index (χ2n) is 11.7. The fourth-order valence-corrected chi connectivity index (χ4v) is 7.61. The first-order chi connectivity index (χ1) is 13.7. The fraction of sp³-hybridized carbons (Fsp3) is 0.750. The smallest absolute Gasteiger partial charge is 0.156 e. The topological polar surface area (TPSA) is 17.1 Å². The molecule has 5 unspecified atom stereocenters. The van der Waals surface area contributed by atoms with Gasteiger partial charge in [0.2, 0.25) is 0 Å². The van der Waals surface area contributed by atoms with E-state index in [1.807, 2.05) is 6.08 Å². The van der Waals surface area contributed by atoms with Gasteiger partial charge in [0.1, 0.15) is 0 Å². The summed E-state index contributed by atoms with van der Waals surface area (Å²) >= 11 is 0. The van der Waals surface area contributed by atoms with Crippen molar-refractivity contribution in [2.75, 3.05) is 0 Å². The van der Waals surface area contributed by atoms with Crippen molar-refractivity contribution in [1.29, 1.82) is 0 Å². The summed E-state index contributed by atoms with van der Waals surface area (Å²) in [6.45, 7) is 14.6. The Hall–Kier alpha value is -1.11. The van der Waals surface area contributed by atoms with E-state index in [1.54, 1.807) is 0 Å². The summed E-state index contributed by atoms with van der Waals surface area (Å²) in [5.74, 6) is 5.46. The lowest BCUT2D eigenvalue weighted by Gasteiger charge is -2.56. The minimum atomic E-state index is 0.227. The van der Waals surface area contributed by atoms with Crippen LogP contribution in [0, 0.1) is 52.3 Å². The highest BCUT2D eigenvalue weighted by atomic mass is 16.1. The first-order valence-electron chi connectivity index (χ1n) is 12.3. The number of allylic oxidation sites excluding steroid dienone is 6. The molecule has 0 heterocycles. The molecule has 0 spiro atoms. The Kier molecular flexibility index (Phi) is 5.50. The molecular formula is C28H42O. The molecule has 0 amide bonds. The molecule has 29 heavy (non-hydrogen) atoms. The first kappa shape index (κ1) is 21.1. The molecule has 8 atom stereocenters. The molecule has 0 bridgehead atoms. The van der Waals surface area contributed by atoms with Gasteiger partial charge in [0, 0.05) is 6.42 Å².